The summed E-state index contributed by atoms with van der Waals surface area (Å²) in [6.45, 7) is 4.74. The first kappa shape index (κ1) is 22.7. The number of aromatic nitrogens is 1. The first-order valence-corrected chi connectivity index (χ1v) is 11.2. The summed E-state index contributed by atoms with van der Waals surface area (Å²) >= 11 is 0. The molecule has 1 N–H and O–H groups in total. The molecule has 1 amide bonds. The quantitative estimate of drug-likeness (QED) is 0.597. The van der Waals surface area contributed by atoms with E-state index < -0.39 is 0 Å². The predicted octanol–water partition coefficient (Wildman–Crippen LogP) is 3.79. The van der Waals surface area contributed by atoms with Crippen LogP contribution in [0.2, 0.25) is 0 Å². The molecular weight excluding hydrogens is 417 g/mol. The number of carbonyl (C=O) groups excluding carboxylic acids is 1. The minimum absolute atomic E-state index is 0.150. The number of hydrogen-bond acceptors (Lipinski definition) is 5. The molecule has 1 fully saturated rings. The van der Waals surface area contributed by atoms with Crippen molar-refractivity contribution in [2.24, 2.45) is 0 Å². The molecule has 7 heteroatoms. The van der Waals surface area contributed by atoms with Crippen LogP contribution >= 0.6 is 0 Å². The van der Waals surface area contributed by atoms with Crippen molar-refractivity contribution in [1.29, 1.82) is 0 Å². The summed E-state index contributed by atoms with van der Waals surface area (Å²) in [4.78, 5) is 23.6. The molecule has 0 spiro atoms. The number of nitrogens with one attached hydrogen (secondary N) is 1. The molecule has 0 radical (unpaired) electrons. The summed E-state index contributed by atoms with van der Waals surface area (Å²) in [5.41, 5.74) is 3.97. The van der Waals surface area contributed by atoms with E-state index in [1.807, 2.05) is 12.1 Å². The Morgan fingerprint density at radius 2 is 1.61 bits per heavy atom. The van der Waals surface area contributed by atoms with Crippen LogP contribution in [0.5, 0.6) is 0 Å². The van der Waals surface area contributed by atoms with Crippen LogP contribution in [-0.2, 0) is 17.8 Å². The van der Waals surface area contributed by atoms with Crippen molar-refractivity contribution in [3.63, 3.8) is 0 Å². The van der Waals surface area contributed by atoms with Gasteiger partial charge in [-0.25, -0.2) is 9.37 Å². The van der Waals surface area contributed by atoms with E-state index in [2.05, 4.69) is 63.4 Å². The lowest BCUT2D eigenvalue weighted by Gasteiger charge is -2.35. The van der Waals surface area contributed by atoms with Crippen molar-refractivity contribution in [2.75, 3.05) is 55.4 Å². The van der Waals surface area contributed by atoms with Crippen LogP contribution in [0.15, 0.2) is 66.9 Å². The Hall–Kier alpha value is -3.45. The van der Waals surface area contributed by atoms with Gasteiger partial charge in [0.15, 0.2) is 0 Å². The Labute approximate surface area is 194 Å². The van der Waals surface area contributed by atoms with Crippen LogP contribution in [0.25, 0.3) is 0 Å². The van der Waals surface area contributed by atoms with Gasteiger partial charge in [0.1, 0.15) is 11.6 Å². The summed E-state index contributed by atoms with van der Waals surface area (Å²) in [6, 6.07) is 18.5. The van der Waals surface area contributed by atoms with Crippen LogP contribution in [0.1, 0.15) is 11.1 Å². The van der Waals surface area contributed by atoms with Gasteiger partial charge in [0.25, 0.3) is 0 Å². The molecule has 4 rings (SSSR count). The number of benzene rings is 2. The largest absolute Gasteiger partial charge is 0.378 e. The normalized spacial score (nSPS) is 14.2. The number of pyridine rings is 1. The Morgan fingerprint density at radius 1 is 0.939 bits per heavy atom. The number of anilines is 3. The molecule has 33 heavy (non-hydrogen) atoms. The molecule has 6 nitrogen and oxygen atoms in total. The van der Waals surface area contributed by atoms with Crippen LogP contribution in [0, 0.1) is 5.82 Å². The van der Waals surface area contributed by atoms with E-state index in [-0.39, 0.29) is 18.1 Å². The molecule has 2 aromatic carbocycles. The van der Waals surface area contributed by atoms with Crippen molar-refractivity contribution >= 4 is 23.1 Å². The fourth-order valence-corrected chi connectivity index (χ4v) is 3.93. The topological polar surface area (TPSA) is 51.7 Å². The fraction of sp³-hybridized carbons (Fsp3) is 0.308. The minimum atomic E-state index is -0.307. The van der Waals surface area contributed by atoms with E-state index in [0.717, 1.165) is 44.1 Å². The van der Waals surface area contributed by atoms with Gasteiger partial charge in [-0.1, -0.05) is 24.3 Å². The van der Waals surface area contributed by atoms with Crippen molar-refractivity contribution < 1.29 is 9.18 Å². The predicted molar refractivity (Wildman–Crippen MR) is 131 cm³/mol. The second-order valence-electron chi connectivity index (χ2n) is 8.58. The zero-order chi connectivity index (χ0) is 23.2. The molecule has 1 aliphatic rings. The van der Waals surface area contributed by atoms with E-state index in [1.165, 1.54) is 23.4 Å². The van der Waals surface area contributed by atoms with Crippen LogP contribution in [-0.4, -0.2) is 56.1 Å². The molecule has 172 valence electrons. The van der Waals surface area contributed by atoms with Gasteiger partial charge in [0.05, 0.1) is 18.3 Å². The Bertz CT molecular complexity index is 1040. The number of halogens is 1. The molecule has 0 saturated carbocycles. The number of piperazine rings is 1. The molecule has 0 unspecified atom stereocenters. The number of carbonyl (C=O) groups is 1. The second kappa shape index (κ2) is 10.4. The Kier molecular flexibility index (Phi) is 7.19. The van der Waals surface area contributed by atoms with Crippen molar-refractivity contribution in [1.82, 2.24) is 9.88 Å². The third kappa shape index (κ3) is 6.29. The van der Waals surface area contributed by atoms with Gasteiger partial charge >= 0.3 is 0 Å². The van der Waals surface area contributed by atoms with Crippen LogP contribution in [0.3, 0.4) is 0 Å². The first-order valence-electron chi connectivity index (χ1n) is 11.2. The maximum absolute atomic E-state index is 13.0. The standard InChI is InChI=1S/C26H30FN5O/c1-30(2)24-10-5-21(6-11-24)19-31-13-15-32(16-14-31)25-12-9-23(18-28-25)29-26(33)17-20-3-7-22(27)8-4-20/h3-12,18H,13-17,19H2,1-2H3,(H,29,33). The van der Waals surface area contributed by atoms with Gasteiger partial charge in [-0.05, 0) is 47.5 Å². The van der Waals surface area contributed by atoms with Gasteiger partial charge in [0.2, 0.25) is 5.91 Å². The molecule has 1 aromatic heterocycles. The molecule has 3 aromatic rings. The highest BCUT2D eigenvalue weighted by molar-refractivity contribution is 5.92. The number of nitrogens with zero attached hydrogens (tertiary/aromatic N) is 4. The average molecular weight is 448 g/mol. The molecular formula is C26H30FN5O. The highest BCUT2D eigenvalue weighted by Gasteiger charge is 2.18. The van der Waals surface area contributed by atoms with E-state index in [1.54, 1.807) is 18.3 Å². The summed E-state index contributed by atoms with van der Waals surface area (Å²) in [7, 11) is 4.10. The van der Waals surface area contributed by atoms with Crippen molar-refractivity contribution in [2.45, 2.75) is 13.0 Å². The van der Waals surface area contributed by atoms with Gasteiger partial charge in [-0.3, -0.25) is 9.69 Å². The van der Waals surface area contributed by atoms with Gasteiger partial charge in [0, 0.05) is 52.5 Å². The Morgan fingerprint density at radius 3 is 2.21 bits per heavy atom. The zero-order valence-corrected chi connectivity index (χ0v) is 19.2. The third-order valence-corrected chi connectivity index (χ3v) is 5.86. The minimum Gasteiger partial charge on any atom is -0.378 e. The SMILES string of the molecule is CN(C)c1ccc(CN2CCN(c3ccc(NC(=O)Cc4ccc(F)cc4)cn3)CC2)cc1. The lowest BCUT2D eigenvalue weighted by molar-refractivity contribution is -0.115. The third-order valence-electron chi connectivity index (χ3n) is 5.86. The Balaban J connectivity index is 1.25. The lowest BCUT2D eigenvalue weighted by atomic mass is 10.1. The van der Waals surface area contributed by atoms with Gasteiger partial charge in [-0.2, -0.15) is 0 Å². The molecule has 1 saturated heterocycles. The van der Waals surface area contributed by atoms with Gasteiger partial charge < -0.3 is 15.1 Å². The number of amides is 1. The summed E-state index contributed by atoms with van der Waals surface area (Å²) < 4.78 is 13.0. The lowest BCUT2D eigenvalue weighted by Crippen LogP contribution is -2.46. The smallest absolute Gasteiger partial charge is 0.228 e. The molecule has 0 atom stereocenters. The van der Waals surface area contributed by atoms with Gasteiger partial charge in [-0.15, -0.1) is 0 Å². The van der Waals surface area contributed by atoms with E-state index >= 15 is 0 Å². The average Bonchev–Trinajstić information content (AvgIpc) is 2.82. The maximum Gasteiger partial charge on any atom is 0.228 e. The molecule has 0 bridgehead atoms. The second-order valence-corrected chi connectivity index (χ2v) is 8.58. The highest BCUT2D eigenvalue weighted by Crippen LogP contribution is 2.19. The molecule has 1 aliphatic heterocycles. The fourth-order valence-electron chi connectivity index (χ4n) is 3.93. The first-order chi connectivity index (χ1) is 16.0. The van der Waals surface area contributed by atoms with Crippen molar-refractivity contribution in [3.8, 4) is 0 Å². The summed E-state index contributed by atoms with van der Waals surface area (Å²) in [6.07, 6.45) is 1.89. The van der Waals surface area contributed by atoms with Crippen LogP contribution < -0.4 is 15.1 Å². The summed E-state index contributed by atoms with van der Waals surface area (Å²) in [5.74, 6) is 0.461. The van der Waals surface area contributed by atoms with Crippen LogP contribution in [0.4, 0.5) is 21.6 Å². The van der Waals surface area contributed by atoms with E-state index in [4.69, 9.17) is 0 Å². The summed E-state index contributed by atoms with van der Waals surface area (Å²) in [5, 5.41) is 2.86. The number of rotatable bonds is 7. The van der Waals surface area contributed by atoms with Crippen molar-refractivity contribution in [3.05, 3.63) is 83.8 Å². The number of hydrogen-bond donors (Lipinski definition) is 1. The van der Waals surface area contributed by atoms with E-state index in [9.17, 15) is 9.18 Å². The molecule has 0 aliphatic carbocycles. The van der Waals surface area contributed by atoms with E-state index in [0.29, 0.717) is 5.69 Å². The molecule has 2 heterocycles. The zero-order valence-electron chi connectivity index (χ0n) is 19.2. The maximum atomic E-state index is 13.0. The highest BCUT2D eigenvalue weighted by atomic mass is 19.1. The monoisotopic (exact) mass is 447 g/mol.